The second-order valence-electron chi connectivity index (χ2n) is 5.39. The molecule has 1 saturated heterocycles. The molecule has 1 aliphatic heterocycles. The van der Waals surface area contributed by atoms with Crippen molar-refractivity contribution >= 4 is 0 Å². The van der Waals surface area contributed by atoms with Gasteiger partial charge in [-0.3, -0.25) is 4.90 Å². The maximum atomic E-state index is 6.03. The van der Waals surface area contributed by atoms with Gasteiger partial charge in [0.25, 0.3) is 0 Å². The first-order valence-electron chi connectivity index (χ1n) is 7.38. The highest BCUT2D eigenvalue weighted by Gasteiger charge is 2.20. The molecule has 2 aromatic carbocycles. The van der Waals surface area contributed by atoms with Crippen molar-refractivity contribution in [1.29, 1.82) is 0 Å². The third-order valence-corrected chi connectivity index (χ3v) is 3.83. The summed E-state index contributed by atoms with van der Waals surface area (Å²) in [7, 11) is 0. The van der Waals surface area contributed by atoms with E-state index in [2.05, 4.69) is 35.2 Å². The first-order valence-corrected chi connectivity index (χ1v) is 7.38. The molecule has 20 heavy (non-hydrogen) atoms. The van der Waals surface area contributed by atoms with Gasteiger partial charge in [-0.25, -0.2) is 0 Å². The number of hydrogen-bond acceptors (Lipinski definition) is 2. The maximum Gasteiger partial charge on any atom is 0.119 e. The Morgan fingerprint density at radius 1 is 0.850 bits per heavy atom. The SMILES string of the molecule is c1ccc(CN2CCC(Oc3ccccc3)CC2)cc1. The van der Waals surface area contributed by atoms with Gasteiger partial charge in [-0.05, 0) is 30.5 Å². The molecule has 2 nitrogen and oxygen atoms in total. The molecule has 104 valence electrons. The smallest absolute Gasteiger partial charge is 0.119 e. The summed E-state index contributed by atoms with van der Waals surface area (Å²) in [6.07, 6.45) is 2.59. The van der Waals surface area contributed by atoms with Gasteiger partial charge in [0.2, 0.25) is 0 Å². The lowest BCUT2D eigenvalue weighted by Gasteiger charge is -2.32. The van der Waals surface area contributed by atoms with Crippen molar-refractivity contribution in [3.8, 4) is 5.75 Å². The number of nitrogens with zero attached hydrogens (tertiary/aromatic N) is 1. The van der Waals surface area contributed by atoms with E-state index in [1.54, 1.807) is 0 Å². The predicted molar refractivity (Wildman–Crippen MR) is 81.8 cm³/mol. The van der Waals surface area contributed by atoms with Gasteiger partial charge in [-0.15, -0.1) is 0 Å². The molecule has 1 heterocycles. The van der Waals surface area contributed by atoms with E-state index < -0.39 is 0 Å². The van der Waals surface area contributed by atoms with Gasteiger partial charge in [0, 0.05) is 19.6 Å². The summed E-state index contributed by atoms with van der Waals surface area (Å²) in [5.41, 5.74) is 1.40. The van der Waals surface area contributed by atoms with Crippen LogP contribution in [0.3, 0.4) is 0 Å². The highest BCUT2D eigenvalue weighted by atomic mass is 16.5. The van der Waals surface area contributed by atoms with Crippen LogP contribution in [0, 0.1) is 0 Å². The third kappa shape index (κ3) is 3.61. The molecule has 0 bridgehead atoms. The fourth-order valence-corrected chi connectivity index (χ4v) is 2.72. The van der Waals surface area contributed by atoms with Crippen LogP contribution in [0.4, 0.5) is 0 Å². The molecular weight excluding hydrogens is 246 g/mol. The van der Waals surface area contributed by atoms with Gasteiger partial charge in [0.05, 0.1) is 0 Å². The number of piperidine rings is 1. The molecule has 0 amide bonds. The zero-order valence-electron chi connectivity index (χ0n) is 11.7. The van der Waals surface area contributed by atoms with E-state index in [0.29, 0.717) is 6.10 Å². The molecule has 1 aliphatic rings. The van der Waals surface area contributed by atoms with Crippen molar-refractivity contribution < 1.29 is 4.74 Å². The molecule has 0 aromatic heterocycles. The van der Waals surface area contributed by atoms with Crippen molar-refractivity contribution in [3.63, 3.8) is 0 Å². The second-order valence-corrected chi connectivity index (χ2v) is 5.39. The van der Waals surface area contributed by atoms with Crippen molar-refractivity contribution in [3.05, 3.63) is 66.2 Å². The molecular formula is C18H21NO. The summed E-state index contributed by atoms with van der Waals surface area (Å²) in [6, 6.07) is 20.9. The Hall–Kier alpha value is -1.80. The fourth-order valence-electron chi connectivity index (χ4n) is 2.72. The van der Waals surface area contributed by atoms with Crippen LogP contribution in [-0.4, -0.2) is 24.1 Å². The van der Waals surface area contributed by atoms with E-state index >= 15 is 0 Å². The van der Waals surface area contributed by atoms with Crippen LogP contribution in [-0.2, 0) is 6.54 Å². The molecule has 0 aliphatic carbocycles. The van der Waals surface area contributed by atoms with E-state index in [1.807, 2.05) is 30.3 Å². The molecule has 3 rings (SSSR count). The average Bonchev–Trinajstić information content (AvgIpc) is 2.51. The molecule has 1 fully saturated rings. The quantitative estimate of drug-likeness (QED) is 0.837. The molecule has 0 saturated carbocycles. The molecule has 0 unspecified atom stereocenters. The molecule has 2 heteroatoms. The highest BCUT2D eigenvalue weighted by Crippen LogP contribution is 2.19. The van der Waals surface area contributed by atoms with E-state index in [-0.39, 0.29) is 0 Å². The largest absolute Gasteiger partial charge is 0.490 e. The minimum Gasteiger partial charge on any atom is -0.490 e. The van der Waals surface area contributed by atoms with Crippen LogP contribution < -0.4 is 4.74 Å². The summed E-state index contributed by atoms with van der Waals surface area (Å²) in [5.74, 6) is 0.994. The van der Waals surface area contributed by atoms with Crippen LogP contribution in [0.1, 0.15) is 18.4 Å². The summed E-state index contributed by atoms with van der Waals surface area (Å²) in [6.45, 7) is 3.29. The Bertz CT molecular complexity index is 454. The molecule has 0 N–H and O–H groups in total. The Kier molecular flexibility index (Phi) is 4.34. The van der Waals surface area contributed by atoms with E-state index in [4.69, 9.17) is 4.74 Å². The van der Waals surface area contributed by atoms with Gasteiger partial charge in [0.15, 0.2) is 0 Å². The van der Waals surface area contributed by atoms with Crippen LogP contribution in [0.5, 0.6) is 5.75 Å². The lowest BCUT2D eigenvalue weighted by molar-refractivity contribution is 0.0968. The van der Waals surface area contributed by atoms with E-state index in [1.165, 1.54) is 5.56 Å². The van der Waals surface area contributed by atoms with Crippen LogP contribution >= 0.6 is 0 Å². The first-order chi connectivity index (χ1) is 9.90. The van der Waals surface area contributed by atoms with Crippen LogP contribution in [0.2, 0.25) is 0 Å². The zero-order valence-corrected chi connectivity index (χ0v) is 11.7. The first kappa shape index (κ1) is 13.2. The Morgan fingerprint density at radius 2 is 1.45 bits per heavy atom. The second kappa shape index (κ2) is 6.58. The van der Waals surface area contributed by atoms with Gasteiger partial charge in [-0.2, -0.15) is 0 Å². The molecule has 0 spiro atoms. The Morgan fingerprint density at radius 3 is 2.10 bits per heavy atom. The van der Waals surface area contributed by atoms with Crippen LogP contribution in [0.25, 0.3) is 0 Å². The highest BCUT2D eigenvalue weighted by molar-refractivity contribution is 5.21. The van der Waals surface area contributed by atoms with Crippen molar-refractivity contribution in [2.45, 2.75) is 25.5 Å². The summed E-state index contributed by atoms with van der Waals surface area (Å²) in [4.78, 5) is 2.51. The van der Waals surface area contributed by atoms with Gasteiger partial charge >= 0.3 is 0 Å². The van der Waals surface area contributed by atoms with Crippen LogP contribution in [0.15, 0.2) is 60.7 Å². The minimum atomic E-state index is 0.365. The summed E-state index contributed by atoms with van der Waals surface area (Å²) in [5, 5.41) is 0. The predicted octanol–water partition coefficient (Wildman–Crippen LogP) is 3.73. The maximum absolute atomic E-state index is 6.03. The van der Waals surface area contributed by atoms with E-state index in [0.717, 1.165) is 38.2 Å². The molecule has 2 aromatic rings. The molecule has 0 radical (unpaired) electrons. The number of benzene rings is 2. The third-order valence-electron chi connectivity index (χ3n) is 3.83. The van der Waals surface area contributed by atoms with Crippen molar-refractivity contribution in [2.75, 3.05) is 13.1 Å². The number of hydrogen-bond donors (Lipinski definition) is 0. The van der Waals surface area contributed by atoms with Gasteiger partial charge in [-0.1, -0.05) is 48.5 Å². The standard InChI is InChI=1S/C18H21NO/c1-3-7-16(8-4-1)15-19-13-11-18(12-14-19)20-17-9-5-2-6-10-17/h1-10,18H,11-15H2. The Balaban J connectivity index is 1.47. The minimum absolute atomic E-state index is 0.365. The topological polar surface area (TPSA) is 12.5 Å². The van der Waals surface area contributed by atoms with Gasteiger partial charge < -0.3 is 4.74 Å². The number of para-hydroxylation sites is 1. The number of rotatable bonds is 4. The van der Waals surface area contributed by atoms with E-state index in [9.17, 15) is 0 Å². The normalized spacial score (nSPS) is 17.0. The lowest BCUT2D eigenvalue weighted by Crippen LogP contribution is -2.37. The van der Waals surface area contributed by atoms with Crippen molar-refractivity contribution in [2.24, 2.45) is 0 Å². The number of ether oxygens (including phenoxy) is 1. The summed E-state index contributed by atoms with van der Waals surface area (Å²) < 4.78 is 6.03. The average molecular weight is 267 g/mol. The monoisotopic (exact) mass is 267 g/mol. The fraction of sp³-hybridized carbons (Fsp3) is 0.333. The zero-order chi connectivity index (χ0) is 13.6. The number of likely N-dealkylation sites (tertiary alicyclic amines) is 1. The summed E-state index contributed by atoms with van der Waals surface area (Å²) >= 11 is 0. The molecule has 0 atom stereocenters. The van der Waals surface area contributed by atoms with Gasteiger partial charge in [0.1, 0.15) is 11.9 Å². The lowest BCUT2D eigenvalue weighted by atomic mass is 10.1. The Labute approximate surface area is 121 Å². The van der Waals surface area contributed by atoms with Crippen molar-refractivity contribution in [1.82, 2.24) is 4.90 Å².